The summed E-state index contributed by atoms with van der Waals surface area (Å²) in [4.78, 5) is 4.16. The van der Waals surface area contributed by atoms with Gasteiger partial charge in [0.1, 0.15) is 6.33 Å². The van der Waals surface area contributed by atoms with Gasteiger partial charge in [-0.15, -0.1) is 0 Å². The minimum Gasteiger partial charge on any atom is -0.312 e. The molecular formula is C12H14Cl2N4. The van der Waals surface area contributed by atoms with Crippen molar-refractivity contribution < 1.29 is 0 Å². The molecule has 6 heteroatoms. The molecule has 0 aliphatic carbocycles. The maximum absolute atomic E-state index is 6.07. The second-order valence-corrected chi connectivity index (χ2v) is 4.84. The van der Waals surface area contributed by atoms with Crippen LogP contribution in [-0.2, 0) is 20.0 Å². The second-order valence-electron chi connectivity index (χ2n) is 4.00. The average Bonchev–Trinajstić information content (AvgIpc) is 2.75. The van der Waals surface area contributed by atoms with Gasteiger partial charge in [0.15, 0.2) is 5.82 Å². The molecule has 0 saturated heterocycles. The Hall–Kier alpha value is -1.10. The molecule has 0 aliphatic rings. The monoisotopic (exact) mass is 284 g/mol. The molecule has 0 aliphatic heterocycles. The van der Waals surface area contributed by atoms with Gasteiger partial charge in [-0.1, -0.05) is 23.2 Å². The number of aromatic nitrogens is 3. The molecule has 1 aromatic heterocycles. The summed E-state index contributed by atoms with van der Waals surface area (Å²) in [5, 5.41) is 8.92. The van der Waals surface area contributed by atoms with Gasteiger partial charge >= 0.3 is 0 Å². The topological polar surface area (TPSA) is 42.7 Å². The standard InChI is InChI=1S/C12H14Cl2N4/c1-18-8-16-12(17-18)4-5-15-7-9-6-10(13)2-3-11(9)14/h2-3,6,8,15H,4-5,7H2,1H3. The number of benzene rings is 1. The number of hydrogen-bond acceptors (Lipinski definition) is 3. The zero-order valence-corrected chi connectivity index (χ0v) is 11.5. The number of rotatable bonds is 5. The highest BCUT2D eigenvalue weighted by atomic mass is 35.5. The molecule has 0 radical (unpaired) electrons. The molecular weight excluding hydrogens is 271 g/mol. The summed E-state index contributed by atoms with van der Waals surface area (Å²) in [6.45, 7) is 1.49. The van der Waals surface area contributed by atoms with Crippen LogP contribution < -0.4 is 5.32 Å². The van der Waals surface area contributed by atoms with Crippen LogP contribution >= 0.6 is 23.2 Å². The molecule has 2 rings (SSSR count). The minimum absolute atomic E-state index is 0.687. The van der Waals surface area contributed by atoms with Gasteiger partial charge in [-0.3, -0.25) is 4.68 Å². The Bertz CT molecular complexity index is 525. The molecule has 0 saturated carbocycles. The SMILES string of the molecule is Cn1cnc(CCNCc2cc(Cl)ccc2Cl)n1. The largest absolute Gasteiger partial charge is 0.312 e. The number of nitrogens with one attached hydrogen (secondary N) is 1. The van der Waals surface area contributed by atoms with Crippen LogP contribution in [-0.4, -0.2) is 21.3 Å². The Morgan fingerprint density at radius 1 is 1.33 bits per heavy atom. The van der Waals surface area contributed by atoms with Crippen molar-refractivity contribution in [1.29, 1.82) is 0 Å². The van der Waals surface area contributed by atoms with E-state index in [2.05, 4.69) is 15.4 Å². The van der Waals surface area contributed by atoms with Crippen molar-refractivity contribution in [3.8, 4) is 0 Å². The zero-order valence-electron chi connectivity index (χ0n) is 10.0. The average molecular weight is 285 g/mol. The first-order chi connectivity index (χ1) is 8.65. The van der Waals surface area contributed by atoms with E-state index in [9.17, 15) is 0 Å². The van der Waals surface area contributed by atoms with E-state index >= 15 is 0 Å². The Balaban J connectivity index is 1.80. The number of aryl methyl sites for hydroxylation is 1. The summed E-state index contributed by atoms with van der Waals surface area (Å²) in [6, 6.07) is 5.46. The Kier molecular flexibility index (Phi) is 4.58. The van der Waals surface area contributed by atoms with E-state index in [1.54, 1.807) is 23.1 Å². The van der Waals surface area contributed by atoms with Crippen molar-refractivity contribution in [2.45, 2.75) is 13.0 Å². The van der Waals surface area contributed by atoms with E-state index in [-0.39, 0.29) is 0 Å². The minimum atomic E-state index is 0.687. The van der Waals surface area contributed by atoms with E-state index < -0.39 is 0 Å². The zero-order chi connectivity index (χ0) is 13.0. The predicted molar refractivity (Wildman–Crippen MR) is 72.9 cm³/mol. The van der Waals surface area contributed by atoms with Gasteiger partial charge in [0.2, 0.25) is 0 Å². The molecule has 0 bridgehead atoms. The van der Waals surface area contributed by atoms with Gasteiger partial charge in [-0.25, -0.2) is 4.98 Å². The first-order valence-corrected chi connectivity index (χ1v) is 6.40. The van der Waals surface area contributed by atoms with Crippen LogP contribution in [0.5, 0.6) is 0 Å². The van der Waals surface area contributed by atoms with E-state index in [1.807, 2.05) is 13.1 Å². The van der Waals surface area contributed by atoms with Crippen molar-refractivity contribution in [1.82, 2.24) is 20.1 Å². The smallest absolute Gasteiger partial charge is 0.151 e. The molecule has 1 aromatic carbocycles. The lowest BCUT2D eigenvalue weighted by molar-refractivity contribution is 0.661. The summed E-state index contributed by atoms with van der Waals surface area (Å²) in [6.07, 6.45) is 2.49. The van der Waals surface area contributed by atoms with Crippen molar-refractivity contribution in [2.24, 2.45) is 7.05 Å². The molecule has 0 fully saturated rings. The highest BCUT2D eigenvalue weighted by Gasteiger charge is 2.02. The van der Waals surface area contributed by atoms with Gasteiger partial charge in [-0.2, -0.15) is 5.10 Å². The maximum atomic E-state index is 6.07. The van der Waals surface area contributed by atoms with Crippen LogP contribution in [0, 0.1) is 0 Å². The highest BCUT2D eigenvalue weighted by molar-refractivity contribution is 6.33. The van der Waals surface area contributed by atoms with Crippen LogP contribution in [0.1, 0.15) is 11.4 Å². The third-order valence-corrected chi connectivity index (χ3v) is 3.10. The van der Waals surface area contributed by atoms with E-state index in [1.165, 1.54) is 0 Å². The Labute approximate surface area is 116 Å². The molecule has 1 N–H and O–H groups in total. The first-order valence-electron chi connectivity index (χ1n) is 5.64. The molecule has 18 heavy (non-hydrogen) atoms. The fourth-order valence-electron chi connectivity index (χ4n) is 1.60. The highest BCUT2D eigenvalue weighted by Crippen LogP contribution is 2.20. The molecule has 0 atom stereocenters. The maximum Gasteiger partial charge on any atom is 0.151 e. The van der Waals surface area contributed by atoms with E-state index in [4.69, 9.17) is 23.2 Å². The van der Waals surface area contributed by atoms with Crippen molar-refractivity contribution in [3.05, 3.63) is 46.0 Å². The number of halogens is 2. The van der Waals surface area contributed by atoms with Gasteiger partial charge in [-0.05, 0) is 23.8 Å². The van der Waals surface area contributed by atoms with Crippen LogP contribution in [0.2, 0.25) is 10.0 Å². The van der Waals surface area contributed by atoms with Crippen LogP contribution in [0.4, 0.5) is 0 Å². The van der Waals surface area contributed by atoms with Crippen LogP contribution in [0.3, 0.4) is 0 Å². The number of hydrogen-bond donors (Lipinski definition) is 1. The summed E-state index contributed by atoms with van der Waals surface area (Å²) in [5.41, 5.74) is 0.998. The Morgan fingerprint density at radius 2 is 2.17 bits per heavy atom. The lowest BCUT2D eigenvalue weighted by Crippen LogP contribution is -2.17. The molecule has 1 heterocycles. The fourth-order valence-corrected chi connectivity index (χ4v) is 1.98. The van der Waals surface area contributed by atoms with Gasteiger partial charge in [0.05, 0.1) is 0 Å². The molecule has 0 spiro atoms. The van der Waals surface area contributed by atoms with E-state index in [0.717, 1.165) is 29.4 Å². The second kappa shape index (κ2) is 6.18. The summed E-state index contributed by atoms with van der Waals surface area (Å²) in [5.74, 6) is 0.835. The van der Waals surface area contributed by atoms with Gasteiger partial charge in [0, 0.05) is 36.6 Å². The van der Waals surface area contributed by atoms with Crippen LogP contribution in [0.15, 0.2) is 24.5 Å². The van der Waals surface area contributed by atoms with Crippen molar-refractivity contribution >= 4 is 23.2 Å². The predicted octanol–water partition coefficient (Wildman–Crippen LogP) is 2.45. The lowest BCUT2D eigenvalue weighted by atomic mass is 10.2. The molecule has 0 amide bonds. The van der Waals surface area contributed by atoms with Crippen molar-refractivity contribution in [2.75, 3.05) is 6.54 Å². The summed E-state index contributed by atoms with van der Waals surface area (Å²) >= 11 is 12.0. The Morgan fingerprint density at radius 3 is 2.89 bits per heavy atom. The summed E-state index contributed by atoms with van der Waals surface area (Å²) in [7, 11) is 1.86. The fraction of sp³-hybridized carbons (Fsp3) is 0.333. The molecule has 96 valence electrons. The third-order valence-electron chi connectivity index (χ3n) is 2.50. The lowest BCUT2D eigenvalue weighted by Gasteiger charge is -2.06. The molecule has 0 unspecified atom stereocenters. The van der Waals surface area contributed by atoms with E-state index in [0.29, 0.717) is 11.6 Å². The quantitative estimate of drug-likeness (QED) is 0.858. The first kappa shape index (κ1) is 13.3. The molecule has 4 nitrogen and oxygen atoms in total. The van der Waals surface area contributed by atoms with Crippen LogP contribution in [0.25, 0.3) is 0 Å². The third kappa shape index (κ3) is 3.70. The van der Waals surface area contributed by atoms with Gasteiger partial charge in [0.25, 0.3) is 0 Å². The summed E-state index contributed by atoms with van der Waals surface area (Å²) < 4.78 is 1.70. The van der Waals surface area contributed by atoms with Crippen molar-refractivity contribution in [3.63, 3.8) is 0 Å². The molecule has 2 aromatic rings. The normalized spacial score (nSPS) is 10.8. The number of nitrogens with zero attached hydrogens (tertiary/aromatic N) is 3. The van der Waals surface area contributed by atoms with Gasteiger partial charge < -0.3 is 5.32 Å².